The minimum absolute atomic E-state index is 0.00334. The van der Waals surface area contributed by atoms with Crippen LogP contribution in [0.2, 0.25) is 16.6 Å². The quantitative estimate of drug-likeness (QED) is 0.0378. The van der Waals surface area contributed by atoms with E-state index in [1.807, 2.05) is 15.9 Å². The van der Waals surface area contributed by atoms with Gasteiger partial charge in [-0.05, 0) is 173 Å². The Kier molecular flexibility index (Phi) is 18.7. The maximum atomic E-state index is 18.1. The van der Waals surface area contributed by atoms with Crippen LogP contribution in [0.25, 0.3) is 44.0 Å². The molecule has 0 aliphatic carbocycles. The van der Waals surface area contributed by atoms with Gasteiger partial charge in [0.05, 0.1) is 27.6 Å². The Morgan fingerprint density at radius 3 is 2.33 bits per heavy atom. The average molecular weight is 1280 g/mol. The van der Waals surface area contributed by atoms with Gasteiger partial charge in [0.15, 0.2) is 12.6 Å². The third kappa shape index (κ3) is 12.6. The number of anilines is 1. The van der Waals surface area contributed by atoms with E-state index in [1.54, 1.807) is 36.9 Å². The molecule has 0 radical (unpaired) electrons. The maximum Gasteiger partial charge on any atom is 0.409 e. The van der Waals surface area contributed by atoms with Gasteiger partial charge >= 0.3 is 17.8 Å². The minimum Gasteiger partial charge on any atom is -0.468 e. The number of nitrogens with one attached hydrogen (secondary N) is 1. The number of aryl methyl sites for hydroxylation is 1. The molecule has 6 aromatic rings. The Hall–Kier alpha value is -7.03. The van der Waals surface area contributed by atoms with Gasteiger partial charge in [0.2, 0.25) is 11.8 Å². The lowest BCUT2D eigenvalue weighted by Gasteiger charge is -2.38. The molecule has 6 aliphatic rings. The molecule has 3 aromatic heterocycles. The average Bonchev–Trinajstić information content (AvgIpc) is 1.18. The number of rotatable bonds is 17. The van der Waals surface area contributed by atoms with Crippen LogP contribution in [0.15, 0.2) is 53.5 Å². The smallest absolute Gasteiger partial charge is 0.409 e. The first-order valence-electron chi connectivity index (χ1n) is 33.4. The van der Waals surface area contributed by atoms with Gasteiger partial charge in [-0.1, -0.05) is 53.5 Å². The van der Waals surface area contributed by atoms with Crippen molar-refractivity contribution in [2.24, 2.45) is 13.0 Å². The number of carbonyl (C=O) groups excluding carboxylic acids is 3. The van der Waals surface area contributed by atoms with Crippen LogP contribution in [0, 0.1) is 29.0 Å². The van der Waals surface area contributed by atoms with E-state index >= 15 is 8.78 Å². The summed E-state index contributed by atoms with van der Waals surface area (Å²) >= 11 is 0. The van der Waals surface area contributed by atoms with Crippen molar-refractivity contribution in [2.45, 2.75) is 171 Å². The number of nitrogens with zero attached hydrogens (tertiary/aromatic N) is 9. The fraction of sp³-hybridized carbons (Fsp3) is 0.586. The number of ether oxygens (including phenoxy) is 4. The zero-order chi connectivity index (χ0) is 65.0. The number of pyridine rings is 1. The number of β-amino-alcohol motifs (C(OH)–C–C–N with tert-alkyl or cyclic N) is 1. The van der Waals surface area contributed by atoms with E-state index in [1.165, 1.54) is 29.4 Å². The molecule has 92 heavy (non-hydrogen) atoms. The van der Waals surface area contributed by atoms with Crippen LogP contribution < -0.4 is 25.4 Å². The van der Waals surface area contributed by atoms with E-state index in [-0.39, 0.29) is 79.5 Å². The van der Waals surface area contributed by atoms with Crippen molar-refractivity contribution in [2.75, 3.05) is 84.4 Å². The fourth-order valence-electron chi connectivity index (χ4n) is 16.7. The van der Waals surface area contributed by atoms with Gasteiger partial charge in [-0.3, -0.25) is 33.9 Å². The number of aliphatic hydroxyl groups is 1. The second kappa shape index (κ2) is 26.4. The number of fused-ring (bicyclic) bond motifs is 4. The molecule has 3 aromatic carbocycles. The van der Waals surface area contributed by atoms with Crippen molar-refractivity contribution in [1.82, 2.24) is 44.1 Å². The SMILES string of the molecule is COCOc1cc(-c2ncc3c(N4CCC[C@@](C)(O)C4)nc(OC[C@@]45CCCN4[C@H](COC(=O)N4CCC(CN6CCC(c7ccc8c(c7)n(C)c(=O)n8C7CCC(=O)NC7=O)CC6)CC4)CC5)nc3c2F)c2c(C#C[Si](C(C)C)(C(C)C)C(C)C)cc(F)cc2c1. The highest BCUT2D eigenvalue weighted by molar-refractivity contribution is 6.90. The van der Waals surface area contributed by atoms with E-state index in [4.69, 9.17) is 33.9 Å². The second-order valence-electron chi connectivity index (χ2n) is 28.3. The summed E-state index contributed by atoms with van der Waals surface area (Å²) in [6, 6.07) is 11.7. The van der Waals surface area contributed by atoms with Gasteiger partial charge in [0.1, 0.15) is 55.9 Å². The van der Waals surface area contributed by atoms with E-state index in [0.29, 0.717) is 112 Å². The minimum atomic E-state index is -2.31. The molecule has 2 N–H and O–H groups in total. The normalized spacial score (nSPS) is 23.1. The third-order valence-electron chi connectivity index (χ3n) is 21.5. The number of hydrogen-bond donors (Lipinski definition) is 2. The number of piperidine rings is 4. The van der Waals surface area contributed by atoms with Crippen molar-refractivity contribution in [3.8, 4) is 34.5 Å². The van der Waals surface area contributed by atoms with Crippen molar-refractivity contribution in [3.05, 3.63) is 81.9 Å². The Bertz CT molecular complexity index is 3900. The van der Waals surface area contributed by atoms with Crippen LogP contribution in [-0.4, -0.2) is 167 Å². The topological polar surface area (TPSA) is 199 Å². The molecule has 6 fully saturated rings. The second-order valence-corrected chi connectivity index (χ2v) is 33.8. The largest absolute Gasteiger partial charge is 0.468 e. The molecule has 12 rings (SSSR count). The maximum absolute atomic E-state index is 18.1. The number of halogens is 2. The molecule has 4 atom stereocenters. The molecule has 1 unspecified atom stereocenters. The van der Waals surface area contributed by atoms with Crippen LogP contribution in [-0.2, 0) is 26.1 Å². The number of aromatic nitrogens is 5. The summed E-state index contributed by atoms with van der Waals surface area (Å²) in [6.07, 6.45) is 10.3. The third-order valence-corrected chi connectivity index (χ3v) is 27.8. The highest BCUT2D eigenvalue weighted by Crippen LogP contribution is 2.46. The number of carbonyl (C=O) groups is 3. The lowest BCUT2D eigenvalue weighted by atomic mass is 9.88. The van der Waals surface area contributed by atoms with Crippen LogP contribution in [0.1, 0.15) is 149 Å². The van der Waals surface area contributed by atoms with Crippen LogP contribution in [0.3, 0.4) is 0 Å². The molecule has 6 saturated heterocycles. The molecule has 9 heterocycles. The predicted octanol–water partition coefficient (Wildman–Crippen LogP) is 10.8. The van der Waals surface area contributed by atoms with Crippen molar-refractivity contribution in [3.63, 3.8) is 0 Å². The van der Waals surface area contributed by atoms with Gasteiger partial charge < -0.3 is 38.8 Å². The first kappa shape index (κ1) is 65.0. The molecule has 6 aliphatic heterocycles. The van der Waals surface area contributed by atoms with Gasteiger partial charge in [-0.15, -0.1) is 5.54 Å². The molecular formula is C70H90F2N10O9Si. The molecule has 3 amide bonds. The highest BCUT2D eigenvalue weighted by atomic mass is 28.3. The van der Waals surface area contributed by atoms with E-state index < -0.39 is 37.3 Å². The van der Waals surface area contributed by atoms with E-state index in [9.17, 15) is 24.3 Å². The molecule has 0 bridgehead atoms. The number of methoxy groups -OCH3 is 1. The summed E-state index contributed by atoms with van der Waals surface area (Å²) in [4.78, 5) is 75.2. The summed E-state index contributed by atoms with van der Waals surface area (Å²) in [7, 11) is 0.936. The monoisotopic (exact) mass is 1280 g/mol. The highest BCUT2D eigenvalue weighted by Gasteiger charge is 2.51. The molecule has 19 nitrogen and oxygen atoms in total. The van der Waals surface area contributed by atoms with Crippen molar-refractivity contribution in [1.29, 1.82) is 0 Å². The van der Waals surface area contributed by atoms with Gasteiger partial charge in [0, 0.05) is 82.1 Å². The van der Waals surface area contributed by atoms with Crippen LogP contribution in [0.4, 0.5) is 19.4 Å². The molecular weight excluding hydrogens is 1190 g/mol. The summed E-state index contributed by atoms with van der Waals surface area (Å²) in [5, 5.41) is 15.1. The van der Waals surface area contributed by atoms with Crippen LogP contribution >= 0.6 is 0 Å². The van der Waals surface area contributed by atoms with Gasteiger partial charge in [0.25, 0.3) is 0 Å². The Labute approximate surface area is 538 Å². The zero-order valence-corrected chi connectivity index (χ0v) is 55.9. The van der Waals surface area contributed by atoms with Crippen molar-refractivity contribution < 1.29 is 47.2 Å². The molecule has 22 heteroatoms. The lowest BCUT2D eigenvalue weighted by Crippen LogP contribution is -2.49. The van der Waals surface area contributed by atoms with E-state index in [2.05, 4.69) is 80.3 Å². The fourth-order valence-corrected chi connectivity index (χ4v) is 21.9. The Morgan fingerprint density at radius 2 is 1.61 bits per heavy atom. The number of hydrogen-bond acceptors (Lipinski definition) is 15. The zero-order valence-electron chi connectivity index (χ0n) is 54.9. The number of amides is 3. The molecule has 0 saturated carbocycles. The Balaban J connectivity index is 0.712. The number of imide groups is 1. The van der Waals surface area contributed by atoms with Gasteiger partial charge in [-0.2, -0.15) is 9.97 Å². The predicted molar refractivity (Wildman–Crippen MR) is 353 cm³/mol. The number of benzene rings is 3. The van der Waals surface area contributed by atoms with Crippen molar-refractivity contribution >= 4 is 64.5 Å². The summed E-state index contributed by atoms with van der Waals surface area (Å²) < 4.78 is 61.1. The standard InChI is InChI=1S/C70H90F2N10O9Si/c1-43(2)92(44(3)4,45(5)6)31-21-49-32-51(71)33-50-34-53(91-42-88-9)36-54(60(49)50)62-61(72)63-55(37-73-62)64(80-25-10-22-69(7,87)40-80)76-66(75-63)90-41-70-23-11-26-81(70)52(16-24-70)39-89-68(86)79-29-17-46(18-30-79)38-78-27-19-47(20-28-78)48-12-13-56-58(35-48)77(8)67(85)82(56)57-14-15-59(83)74-65(57)84/h12-13,32-37,43-47,52,57,87H,10-11,14-20,22-30,38-42H2,1-9H3,(H,74,83,84)/t52-,57?,69+,70-/m0/s1. The lowest BCUT2D eigenvalue weighted by molar-refractivity contribution is -0.135. The number of imidazole rings is 1. The summed E-state index contributed by atoms with van der Waals surface area (Å²) in [6.45, 7) is 21.4. The molecule has 0 spiro atoms. The first-order valence-corrected chi connectivity index (χ1v) is 35.6. The van der Waals surface area contributed by atoms with Crippen LogP contribution in [0.5, 0.6) is 11.8 Å². The Morgan fingerprint density at radius 1 is 0.859 bits per heavy atom. The summed E-state index contributed by atoms with van der Waals surface area (Å²) in [5.74, 6) is 3.06. The summed E-state index contributed by atoms with van der Waals surface area (Å²) in [5.41, 5.74) is 6.46. The van der Waals surface area contributed by atoms with Gasteiger partial charge in [-0.25, -0.2) is 18.4 Å². The first-order chi connectivity index (χ1) is 44.1. The number of likely N-dealkylation sites (tertiary alicyclic amines) is 2. The van der Waals surface area contributed by atoms with E-state index in [0.717, 1.165) is 83.1 Å². The molecule has 492 valence electrons.